The number of nitrogens with two attached hydrogens (primary N) is 1. The van der Waals surface area contributed by atoms with Gasteiger partial charge in [0.05, 0.1) is 17.7 Å². The Morgan fingerprint density at radius 1 is 1.24 bits per heavy atom. The van der Waals surface area contributed by atoms with Gasteiger partial charge >= 0.3 is 0 Å². The molecule has 1 saturated carbocycles. The van der Waals surface area contributed by atoms with Gasteiger partial charge in [0.15, 0.2) is 0 Å². The Bertz CT molecular complexity index is 1070. The molecule has 0 saturated heterocycles. The summed E-state index contributed by atoms with van der Waals surface area (Å²) in [4.78, 5) is 25.8. The summed E-state index contributed by atoms with van der Waals surface area (Å²) in [5.74, 6) is 0.939. The van der Waals surface area contributed by atoms with Gasteiger partial charge in [-0.3, -0.25) is 4.79 Å². The highest BCUT2D eigenvalue weighted by molar-refractivity contribution is 5.93. The number of nitrogens with zero attached hydrogens (tertiary/aromatic N) is 4. The summed E-state index contributed by atoms with van der Waals surface area (Å²) in [6.07, 6.45) is 7.54. The zero-order valence-electron chi connectivity index (χ0n) is 16.0. The Kier molecular flexibility index (Phi) is 5.41. The van der Waals surface area contributed by atoms with Crippen molar-refractivity contribution in [1.29, 1.82) is 0 Å². The zero-order chi connectivity index (χ0) is 20.4. The first-order chi connectivity index (χ1) is 14.1. The number of aromatic nitrogens is 4. The second-order valence-electron chi connectivity index (χ2n) is 7.39. The lowest BCUT2D eigenvalue weighted by atomic mass is 10.1. The monoisotopic (exact) mass is 396 g/mol. The normalized spacial score (nSPS) is 19.0. The number of aliphatic hydroxyl groups is 2. The molecule has 0 spiro atoms. The van der Waals surface area contributed by atoms with Crippen LogP contribution in [0.25, 0.3) is 22.0 Å². The molecule has 1 aliphatic carbocycles. The van der Waals surface area contributed by atoms with Crippen molar-refractivity contribution in [3.63, 3.8) is 0 Å². The molecule has 4 rings (SSSR count). The Hall–Kier alpha value is -3.04. The molecule has 0 aromatic carbocycles. The molecule has 3 heterocycles. The Labute approximate surface area is 167 Å². The summed E-state index contributed by atoms with van der Waals surface area (Å²) < 4.78 is 1.48. The molecule has 9 heteroatoms. The third kappa shape index (κ3) is 3.92. The zero-order valence-corrected chi connectivity index (χ0v) is 16.0. The van der Waals surface area contributed by atoms with Gasteiger partial charge in [-0.2, -0.15) is 0 Å². The Morgan fingerprint density at radius 3 is 2.72 bits per heavy atom. The van der Waals surface area contributed by atoms with Crippen LogP contribution in [0.5, 0.6) is 0 Å². The molecule has 3 aromatic heterocycles. The molecule has 0 bridgehead atoms. The average molecular weight is 396 g/mol. The molecule has 3 aromatic rings. The average Bonchev–Trinajstić information content (AvgIpc) is 3.18. The number of nitrogen functional groups attached to an aromatic ring is 1. The maximum absolute atomic E-state index is 13.0. The van der Waals surface area contributed by atoms with E-state index in [0.29, 0.717) is 22.5 Å². The van der Waals surface area contributed by atoms with Crippen molar-refractivity contribution in [3.8, 4) is 11.3 Å². The highest BCUT2D eigenvalue weighted by atomic mass is 16.3. The van der Waals surface area contributed by atoms with Crippen molar-refractivity contribution >= 4 is 22.5 Å². The highest BCUT2D eigenvalue weighted by Crippen LogP contribution is 2.31. The number of nitrogens with one attached hydrogen (secondary N) is 1. The molecule has 2 unspecified atom stereocenters. The number of pyridine rings is 2. The summed E-state index contributed by atoms with van der Waals surface area (Å²) in [6, 6.07) is 3.80. The minimum Gasteiger partial charge on any atom is -0.396 e. The van der Waals surface area contributed by atoms with Gasteiger partial charge in [-0.25, -0.2) is 15.0 Å². The molecule has 152 valence electrons. The van der Waals surface area contributed by atoms with Crippen LogP contribution in [-0.4, -0.2) is 49.0 Å². The number of hydrogen-bond acceptors (Lipinski definition) is 8. The SMILES string of the molecule is Nc1ncc(-c2cc3ccn(CCO)c(=O)c3c(NC3CCC(CO)C3)n2)cn1. The number of fused-ring (bicyclic) bond motifs is 1. The topological polar surface area (TPSA) is 139 Å². The van der Waals surface area contributed by atoms with Crippen molar-refractivity contribution < 1.29 is 10.2 Å². The van der Waals surface area contributed by atoms with E-state index in [0.717, 1.165) is 24.6 Å². The second kappa shape index (κ2) is 8.14. The largest absolute Gasteiger partial charge is 0.396 e. The highest BCUT2D eigenvalue weighted by Gasteiger charge is 2.25. The van der Waals surface area contributed by atoms with Crippen LogP contribution in [0.15, 0.2) is 35.5 Å². The summed E-state index contributed by atoms with van der Waals surface area (Å²) in [5, 5.41) is 23.3. The van der Waals surface area contributed by atoms with E-state index in [2.05, 4.69) is 15.3 Å². The Balaban J connectivity index is 1.82. The lowest BCUT2D eigenvalue weighted by Gasteiger charge is -2.17. The fraction of sp³-hybridized carbons (Fsp3) is 0.400. The van der Waals surface area contributed by atoms with E-state index in [4.69, 9.17) is 10.7 Å². The summed E-state index contributed by atoms with van der Waals surface area (Å²) in [5.41, 5.74) is 6.71. The van der Waals surface area contributed by atoms with Gasteiger partial charge in [0.25, 0.3) is 5.56 Å². The quantitative estimate of drug-likeness (QED) is 0.484. The predicted molar refractivity (Wildman–Crippen MR) is 110 cm³/mol. The van der Waals surface area contributed by atoms with Crippen molar-refractivity contribution in [3.05, 3.63) is 41.1 Å². The van der Waals surface area contributed by atoms with Crippen molar-refractivity contribution in [2.75, 3.05) is 24.3 Å². The molecule has 0 radical (unpaired) electrons. The molecule has 29 heavy (non-hydrogen) atoms. The van der Waals surface area contributed by atoms with E-state index in [-0.39, 0.29) is 43.2 Å². The van der Waals surface area contributed by atoms with Crippen LogP contribution in [0, 0.1) is 5.92 Å². The maximum atomic E-state index is 13.0. The van der Waals surface area contributed by atoms with Crippen LogP contribution in [-0.2, 0) is 6.54 Å². The molecular formula is C20H24N6O3. The second-order valence-corrected chi connectivity index (χ2v) is 7.39. The predicted octanol–water partition coefficient (Wildman–Crippen LogP) is 1.00. The van der Waals surface area contributed by atoms with Crippen LogP contribution >= 0.6 is 0 Å². The van der Waals surface area contributed by atoms with Crippen LogP contribution in [0.2, 0.25) is 0 Å². The van der Waals surface area contributed by atoms with Gasteiger partial charge in [0.2, 0.25) is 5.95 Å². The lowest BCUT2D eigenvalue weighted by molar-refractivity contribution is 0.229. The molecule has 0 amide bonds. The van der Waals surface area contributed by atoms with Crippen molar-refractivity contribution in [1.82, 2.24) is 19.5 Å². The number of anilines is 2. The van der Waals surface area contributed by atoms with Gasteiger partial charge < -0.3 is 25.8 Å². The third-order valence-corrected chi connectivity index (χ3v) is 5.41. The first-order valence-electron chi connectivity index (χ1n) is 9.69. The van der Waals surface area contributed by atoms with Crippen molar-refractivity contribution in [2.24, 2.45) is 5.92 Å². The molecule has 1 aliphatic rings. The molecule has 1 fully saturated rings. The first-order valence-corrected chi connectivity index (χ1v) is 9.69. The summed E-state index contributed by atoms with van der Waals surface area (Å²) in [7, 11) is 0. The summed E-state index contributed by atoms with van der Waals surface area (Å²) >= 11 is 0. The van der Waals surface area contributed by atoms with Gasteiger partial charge in [-0.05, 0) is 42.7 Å². The van der Waals surface area contributed by atoms with Crippen LogP contribution in [0.4, 0.5) is 11.8 Å². The van der Waals surface area contributed by atoms with E-state index in [9.17, 15) is 15.0 Å². The molecule has 5 N–H and O–H groups in total. The lowest BCUT2D eigenvalue weighted by Crippen LogP contribution is -2.24. The van der Waals surface area contributed by atoms with Crippen molar-refractivity contribution in [2.45, 2.75) is 31.8 Å². The molecule has 0 aliphatic heterocycles. The van der Waals surface area contributed by atoms with E-state index < -0.39 is 0 Å². The molecular weight excluding hydrogens is 372 g/mol. The third-order valence-electron chi connectivity index (χ3n) is 5.41. The summed E-state index contributed by atoms with van der Waals surface area (Å²) in [6.45, 7) is 0.263. The van der Waals surface area contributed by atoms with E-state index in [1.165, 1.54) is 4.57 Å². The first kappa shape index (κ1) is 19.3. The van der Waals surface area contributed by atoms with Crippen LogP contribution in [0.3, 0.4) is 0 Å². The number of rotatable bonds is 6. The van der Waals surface area contributed by atoms with E-state index in [1.54, 1.807) is 18.6 Å². The Morgan fingerprint density at radius 2 is 2.03 bits per heavy atom. The standard InChI is InChI=1S/C20H24N6O3/c21-20-22-9-14(10-23-20)16-8-13-3-4-26(5-6-27)19(29)17(13)18(25-16)24-15-2-1-12(7-15)11-28/h3-4,8-10,12,15,27-28H,1-2,5-7,11H2,(H,24,25)(H2,21,22,23). The van der Waals surface area contributed by atoms with Crippen LogP contribution < -0.4 is 16.6 Å². The maximum Gasteiger partial charge on any atom is 0.262 e. The fourth-order valence-corrected chi connectivity index (χ4v) is 3.87. The molecule has 9 nitrogen and oxygen atoms in total. The van der Waals surface area contributed by atoms with Gasteiger partial charge in [0, 0.05) is 43.3 Å². The van der Waals surface area contributed by atoms with Gasteiger partial charge in [-0.1, -0.05) is 0 Å². The van der Waals surface area contributed by atoms with E-state index >= 15 is 0 Å². The number of aliphatic hydroxyl groups excluding tert-OH is 2. The number of hydrogen-bond donors (Lipinski definition) is 4. The minimum atomic E-state index is -0.205. The van der Waals surface area contributed by atoms with E-state index in [1.807, 2.05) is 12.1 Å². The fourth-order valence-electron chi connectivity index (χ4n) is 3.87. The smallest absolute Gasteiger partial charge is 0.262 e. The molecule has 2 atom stereocenters. The van der Waals surface area contributed by atoms with Crippen LogP contribution in [0.1, 0.15) is 19.3 Å². The van der Waals surface area contributed by atoms with Gasteiger partial charge in [0.1, 0.15) is 5.82 Å². The minimum absolute atomic E-state index is 0.122. The van der Waals surface area contributed by atoms with Gasteiger partial charge in [-0.15, -0.1) is 0 Å².